The highest BCUT2D eigenvalue weighted by Gasteiger charge is 2.17. The van der Waals surface area contributed by atoms with Crippen LogP contribution in [0, 0.1) is 0 Å². The quantitative estimate of drug-likeness (QED) is 0.724. The number of anilines is 1. The molecule has 3 N–H and O–H groups in total. The maximum Gasteiger partial charge on any atom is 0.263 e. The molecule has 7 heteroatoms. The molecule has 0 atom stereocenters. The van der Waals surface area contributed by atoms with E-state index in [9.17, 15) is 4.79 Å². The third-order valence-corrected chi connectivity index (χ3v) is 5.69. The van der Waals surface area contributed by atoms with Gasteiger partial charge in [-0.1, -0.05) is 22.0 Å². The first kappa shape index (κ1) is 14.5. The third-order valence-electron chi connectivity index (χ3n) is 3.02. The summed E-state index contributed by atoms with van der Waals surface area (Å²) in [5.41, 5.74) is 6.65. The van der Waals surface area contributed by atoms with E-state index < -0.39 is 0 Å². The molecule has 2 aromatic heterocycles. The van der Waals surface area contributed by atoms with Crippen molar-refractivity contribution in [1.82, 2.24) is 10.3 Å². The minimum absolute atomic E-state index is 0.128. The molecule has 1 aromatic carbocycles. The molecule has 2 heterocycles. The van der Waals surface area contributed by atoms with Crippen LogP contribution in [0.2, 0.25) is 0 Å². The molecule has 0 unspecified atom stereocenters. The number of fused-ring (bicyclic) bond motifs is 1. The van der Waals surface area contributed by atoms with E-state index in [1.165, 1.54) is 11.3 Å². The number of thiazole rings is 1. The van der Waals surface area contributed by atoms with Crippen molar-refractivity contribution in [3.63, 3.8) is 0 Å². The second-order valence-electron chi connectivity index (χ2n) is 4.39. The van der Waals surface area contributed by atoms with E-state index in [1.807, 2.05) is 23.6 Å². The van der Waals surface area contributed by atoms with Gasteiger partial charge in [-0.25, -0.2) is 4.98 Å². The third kappa shape index (κ3) is 2.95. The number of thiophene rings is 1. The number of rotatable bonds is 4. The number of aromatic nitrogens is 1. The fourth-order valence-corrected chi connectivity index (χ4v) is 4.43. The van der Waals surface area contributed by atoms with Crippen LogP contribution in [0.15, 0.2) is 34.2 Å². The molecule has 0 bridgehead atoms. The molecule has 4 nitrogen and oxygen atoms in total. The zero-order valence-corrected chi connectivity index (χ0v) is 14.1. The molecule has 0 spiro atoms. The van der Waals surface area contributed by atoms with Gasteiger partial charge in [0.2, 0.25) is 0 Å². The van der Waals surface area contributed by atoms with Gasteiger partial charge in [-0.15, -0.1) is 22.7 Å². The number of carbonyl (C=O) groups excluding carboxylic acids is 1. The average molecular weight is 382 g/mol. The molecule has 0 aliphatic rings. The highest BCUT2D eigenvalue weighted by atomic mass is 79.9. The van der Waals surface area contributed by atoms with Crippen LogP contribution in [0.3, 0.4) is 0 Å². The van der Waals surface area contributed by atoms with Crippen LogP contribution in [0.5, 0.6) is 0 Å². The van der Waals surface area contributed by atoms with Crippen molar-refractivity contribution < 1.29 is 4.79 Å². The Labute approximate surface area is 138 Å². The number of nitrogens with two attached hydrogens (primary N) is 1. The minimum atomic E-state index is -0.128. The zero-order valence-electron chi connectivity index (χ0n) is 10.9. The number of hydrogen-bond acceptors (Lipinski definition) is 5. The Morgan fingerprint density at radius 3 is 3.00 bits per heavy atom. The fraction of sp³-hybridized carbons (Fsp3) is 0.143. The predicted molar refractivity (Wildman–Crippen MR) is 92.1 cm³/mol. The van der Waals surface area contributed by atoms with Gasteiger partial charge in [-0.2, -0.15) is 0 Å². The number of nitrogen functional groups attached to an aromatic ring is 1. The number of halogens is 1. The average Bonchev–Trinajstić information content (AvgIpc) is 3.08. The van der Waals surface area contributed by atoms with E-state index in [1.54, 1.807) is 17.5 Å². The van der Waals surface area contributed by atoms with E-state index >= 15 is 0 Å². The van der Waals surface area contributed by atoms with Crippen LogP contribution in [0.25, 0.3) is 10.1 Å². The van der Waals surface area contributed by atoms with Gasteiger partial charge in [-0.3, -0.25) is 4.79 Å². The maximum atomic E-state index is 12.3. The maximum absolute atomic E-state index is 12.3. The van der Waals surface area contributed by atoms with Crippen molar-refractivity contribution in [2.75, 3.05) is 12.3 Å². The van der Waals surface area contributed by atoms with Gasteiger partial charge in [0, 0.05) is 39.1 Å². The largest absolute Gasteiger partial charge is 0.397 e. The van der Waals surface area contributed by atoms with Gasteiger partial charge in [0.05, 0.1) is 10.7 Å². The summed E-state index contributed by atoms with van der Waals surface area (Å²) < 4.78 is 1.92. The van der Waals surface area contributed by atoms with Gasteiger partial charge in [0.25, 0.3) is 5.91 Å². The predicted octanol–water partition coefficient (Wildman–Crippen LogP) is 3.68. The van der Waals surface area contributed by atoms with Crippen molar-refractivity contribution in [3.8, 4) is 0 Å². The summed E-state index contributed by atoms with van der Waals surface area (Å²) in [4.78, 5) is 17.0. The molecule has 0 saturated heterocycles. The lowest BCUT2D eigenvalue weighted by Crippen LogP contribution is -2.25. The van der Waals surface area contributed by atoms with Crippen LogP contribution in [0.4, 0.5) is 5.69 Å². The zero-order chi connectivity index (χ0) is 14.8. The first-order valence-corrected chi connectivity index (χ1v) is 8.79. The second kappa shape index (κ2) is 6.13. The van der Waals surface area contributed by atoms with Crippen molar-refractivity contribution >= 4 is 60.3 Å². The number of carbonyl (C=O) groups is 1. The smallest absolute Gasteiger partial charge is 0.263 e. The molecule has 108 valence electrons. The van der Waals surface area contributed by atoms with Crippen molar-refractivity contribution in [2.45, 2.75) is 6.42 Å². The van der Waals surface area contributed by atoms with E-state index in [-0.39, 0.29) is 5.91 Å². The monoisotopic (exact) mass is 381 g/mol. The Bertz CT molecular complexity index is 783. The van der Waals surface area contributed by atoms with Gasteiger partial charge in [-0.05, 0) is 12.1 Å². The number of hydrogen-bond donors (Lipinski definition) is 2. The highest BCUT2D eigenvalue weighted by molar-refractivity contribution is 9.10. The molecule has 0 radical (unpaired) electrons. The van der Waals surface area contributed by atoms with Crippen LogP contribution >= 0.6 is 38.6 Å². The van der Waals surface area contributed by atoms with E-state index in [0.29, 0.717) is 17.1 Å². The molecule has 1 amide bonds. The van der Waals surface area contributed by atoms with Gasteiger partial charge >= 0.3 is 0 Å². The molecule has 0 aliphatic carbocycles. The number of nitrogens with one attached hydrogen (secondary N) is 1. The van der Waals surface area contributed by atoms with E-state index in [4.69, 9.17) is 5.73 Å². The second-order valence-corrected chi connectivity index (χ2v) is 7.28. The Balaban J connectivity index is 1.75. The van der Waals surface area contributed by atoms with Gasteiger partial charge in [0.1, 0.15) is 4.88 Å². The SMILES string of the molecule is Nc1c(C(=O)NCCc2nccs2)sc2cccc(Br)c12. The molecule has 0 aliphatic heterocycles. The summed E-state index contributed by atoms with van der Waals surface area (Å²) in [6, 6.07) is 5.83. The lowest BCUT2D eigenvalue weighted by atomic mass is 10.2. The Morgan fingerprint density at radius 2 is 2.29 bits per heavy atom. The molecule has 3 aromatic rings. The Hall–Kier alpha value is -1.44. The molecule has 3 rings (SSSR count). The topological polar surface area (TPSA) is 68.0 Å². The van der Waals surface area contributed by atoms with Crippen LogP contribution < -0.4 is 11.1 Å². The summed E-state index contributed by atoms with van der Waals surface area (Å²) in [5, 5.41) is 6.76. The molecular weight excluding hydrogens is 370 g/mol. The van der Waals surface area contributed by atoms with Crippen LogP contribution in [-0.4, -0.2) is 17.4 Å². The first-order valence-electron chi connectivity index (χ1n) is 6.30. The van der Waals surface area contributed by atoms with E-state index in [0.717, 1.165) is 26.0 Å². The molecule has 0 saturated carbocycles. The molecule has 0 fully saturated rings. The molecule has 21 heavy (non-hydrogen) atoms. The highest BCUT2D eigenvalue weighted by Crippen LogP contribution is 2.37. The van der Waals surface area contributed by atoms with Gasteiger partial charge < -0.3 is 11.1 Å². The first-order chi connectivity index (χ1) is 10.2. The van der Waals surface area contributed by atoms with Crippen molar-refractivity contribution in [3.05, 3.63) is 44.1 Å². The molecular formula is C14H12BrN3OS2. The van der Waals surface area contributed by atoms with E-state index in [2.05, 4.69) is 26.2 Å². The lowest BCUT2D eigenvalue weighted by molar-refractivity contribution is 0.0959. The summed E-state index contributed by atoms with van der Waals surface area (Å²) in [5.74, 6) is -0.128. The number of amides is 1. The van der Waals surface area contributed by atoms with Crippen LogP contribution in [-0.2, 0) is 6.42 Å². The van der Waals surface area contributed by atoms with Crippen LogP contribution in [0.1, 0.15) is 14.7 Å². The number of benzene rings is 1. The lowest BCUT2D eigenvalue weighted by Gasteiger charge is -2.03. The fourth-order valence-electron chi connectivity index (χ4n) is 2.04. The standard InChI is InChI=1S/C14H12BrN3OS2/c15-8-2-1-3-9-11(8)12(16)13(21-9)14(19)18-5-4-10-17-6-7-20-10/h1-3,6-7H,4-5,16H2,(H,18,19). The summed E-state index contributed by atoms with van der Waals surface area (Å²) >= 11 is 6.48. The van der Waals surface area contributed by atoms with Gasteiger partial charge in [0.15, 0.2) is 0 Å². The Kier molecular flexibility index (Phi) is 4.23. The normalized spacial score (nSPS) is 10.9. The van der Waals surface area contributed by atoms with Crippen molar-refractivity contribution in [2.24, 2.45) is 0 Å². The summed E-state index contributed by atoms with van der Waals surface area (Å²) in [6.07, 6.45) is 2.50. The number of nitrogens with zero attached hydrogens (tertiary/aromatic N) is 1. The summed E-state index contributed by atoms with van der Waals surface area (Å²) in [6.45, 7) is 0.557. The minimum Gasteiger partial charge on any atom is -0.397 e. The summed E-state index contributed by atoms with van der Waals surface area (Å²) in [7, 11) is 0. The van der Waals surface area contributed by atoms with Crippen molar-refractivity contribution in [1.29, 1.82) is 0 Å². The Morgan fingerprint density at radius 1 is 1.43 bits per heavy atom.